The van der Waals surface area contributed by atoms with E-state index in [0.717, 1.165) is 39.8 Å². The summed E-state index contributed by atoms with van der Waals surface area (Å²) in [5.41, 5.74) is 2.11. The number of ether oxygens (including phenoxy) is 1. The quantitative estimate of drug-likeness (QED) is 0.629. The van der Waals surface area contributed by atoms with Gasteiger partial charge in [-0.05, 0) is 47.0 Å². The van der Waals surface area contributed by atoms with Gasteiger partial charge in [-0.3, -0.25) is 0 Å². The third-order valence-electron chi connectivity index (χ3n) is 3.38. The second kappa shape index (κ2) is 6.55. The Hall–Kier alpha value is -0.780. The van der Waals surface area contributed by atoms with Crippen LogP contribution in [0.25, 0.3) is 0 Å². The van der Waals surface area contributed by atoms with E-state index in [0.29, 0.717) is 5.15 Å². The first-order valence-electron chi connectivity index (χ1n) is 6.63. The highest BCUT2D eigenvalue weighted by Gasteiger charge is 2.20. The van der Waals surface area contributed by atoms with Crippen LogP contribution in [0.2, 0.25) is 5.15 Å². The van der Waals surface area contributed by atoms with Gasteiger partial charge in [0.25, 0.3) is 0 Å². The summed E-state index contributed by atoms with van der Waals surface area (Å²) in [7, 11) is 0. The van der Waals surface area contributed by atoms with Crippen molar-refractivity contribution in [1.82, 2.24) is 4.98 Å². The van der Waals surface area contributed by atoms with Gasteiger partial charge in [0.05, 0.1) is 29.0 Å². The first-order valence-corrected chi connectivity index (χ1v) is 8.60. The molecule has 1 atom stereocenters. The highest BCUT2D eigenvalue weighted by Crippen LogP contribution is 2.36. The van der Waals surface area contributed by atoms with Gasteiger partial charge < -0.3 is 10.1 Å². The van der Waals surface area contributed by atoms with E-state index in [2.05, 4.69) is 48.2 Å². The molecular weight excluding hydrogens is 419 g/mol. The highest BCUT2D eigenvalue weighted by atomic mass is 79.9. The molecule has 0 saturated heterocycles. The van der Waals surface area contributed by atoms with Gasteiger partial charge in [-0.15, -0.1) is 0 Å². The SMILES string of the molecule is Clc1ncc(NC2CCCOc3cc(Br)ccc32)cc1Br. The summed E-state index contributed by atoms with van der Waals surface area (Å²) >= 11 is 12.8. The number of pyridine rings is 1. The molecule has 0 amide bonds. The molecule has 110 valence electrons. The van der Waals surface area contributed by atoms with Crippen molar-refractivity contribution >= 4 is 49.1 Å². The third kappa shape index (κ3) is 3.52. The zero-order valence-electron chi connectivity index (χ0n) is 11.1. The van der Waals surface area contributed by atoms with Crippen LogP contribution >= 0.6 is 43.5 Å². The summed E-state index contributed by atoms with van der Waals surface area (Å²) in [6.45, 7) is 0.740. The number of rotatable bonds is 2. The Balaban J connectivity index is 1.90. The molecule has 0 saturated carbocycles. The standard InChI is InChI=1S/C15H13Br2ClN2O/c16-9-3-4-11-13(2-1-5-21-14(11)6-9)20-10-7-12(17)15(18)19-8-10/h3-4,6-8,13,20H,1-2,5H2. The van der Waals surface area contributed by atoms with Crippen molar-refractivity contribution in [3.05, 3.63) is 50.1 Å². The number of benzene rings is 1. The van der Waals surface area contributed by atoms with Gasteiger partial charge in [0.15, 0.2) is 0 Å². The van der Waals surface area contributed by atoms with Gasteiger partial charge in [0, 0.05) is 10.0 Å². The summed E-state index contributed by atoms with van der Waals surface area (Å²) < 4.78 is 7.64. The van der Waals surface area contributed by atoms with Crippen LogP contribution in [0.5, 0.6) is 5.75 Å². The lowest BCUT2D eigenvalue weighted by molar-refractivity contribution is 0.316. The van der Waals surface area contributed by atoms with Gasteiger partial charge in [-0.2, -0.15) is 0 Å². The van der Waals surface area contributed by atoms with Crippen LogP contribution < -0.4 is 10.1 Å². The van der Waals surface area contributed by atoms with Crippen molar-refractivity contribution in [1.29, 1.82) is 0 Å². The number of fused-ring (bicyclic) bond motifs is 1. The van der Waals surface area contributed by atoms with Crippen molar-refractivity contribution in [3.63, 3.8) is 0 Å². The van der Waals surface area contributed by atoms with Crippen LogP contribution in [0.4, 0.5) is 5.69 Å². The molecule has 21 heavy (non-hydrogen) atoms. The molecular formula is C15H13Br2ClN2O. The van der Waals surface area contributed by atoms with Gasteiger partial charge >= 0.3 is 0 Å². The molecule has 1 aromatic carbocycles. The first-order chi connectivity index (χ1) is 10.1. The molecule has 3 nitrogen and oxygen atoms in total. The number of hydrogen-bond donors (Lipinski definition) is 1. The molecule has 1 aromatic heterocycles. The summed E-state index contributed by atoms with van der Waals surface area (Å²) in [6.07, 6.45) is 3.76. The molecule has 0 bridgehead atoms. The molecule has 3 rings (SSSR count). The fourth-order valence-electron chi connectivity index (χ4n) is 2.40. The Labute approximate surface area is 145 Å². The summed E-state index contributed by atoms with van der Waals surface area (Å²) in [4.78, 5) is 4.15. The van der Waals surface area contributed by atoms with Crippen LogP contribution in [0.15, 0.2) is 39.4 Å². The molecule has 1 unspecified atom stereocenters. The van der Waals surface area contributed by atoms with E-state index in [-0.39, 0.29) is 6.04 Å². The maximum absolute atomic E-state index is 5.94. The molecule has 1 aliphatic heterocycles. The monoisotopic (exact) mass is 430 g/mol. The summed E-state index contributed by atoms with van der Waals surface area (Å²) in [5, 5.41) is 3.98. The van der Waals surface area contributed by atoms with Crippen LogP contribution in [0, 0.1) is 0 Å². The largest absolute Gasteiger partial charge is 0.493 e. The minimum Gasteiger partial charge on any atom is -0.493 e. The smallest absolute Gasteiger partial charge is 0.143 e. The van der Waals surface area contributed by atoms with E-state index in [1.807, 2.05) is 18.2 Å². The maximum Gasteiger partial charge on any atom is 0.143 e. The summed E-state index contributed by atoms with van der Waals surface area (Å²) in [5.74, 6) is 0.931. The Bertz CT molecular complexity index is 666. The highest BCUT2D eigenvalue weighted by molar-refractivity contribution is 9.10. The van der Waals surface area contributed by atoms with Crippen LogP contribution in [0.3, 0.4) is 0 Å². The zero-order valence-corrected chi connectivity index (χ0v) is 15.0. The Morgan fingerprint density at radius 2 is 2.14 bits per heavy atom. The first kappa shape index (κ1) is 15.1. The fourth-order valence-corrected chi connectivity index (χ4v) is 3.19. The predicted octanol–water partition coefficient (Wildman–Crippen LogP) is 5.59. The predicted molar refractivity (Wildman–Crippen MR) is 92.2 cm³/mol. The van der Waals surface area contributed by atoms with Crippen LogP contribution in [-0.4, -0.2) is 11.6 Å². The molecule has 2 heterocycles. The van der Waals surface area contributed by atoms with Crippen molar-refractivity contribution < 1.29 is 4.74 Å². The van der Waals surface area contributed by atoms with Gasteiger partial charge in [0.2, 0.25) is 0 Å². The van der Waals surface area contributed by atoms with Crippen LogP contribution in [-0.2, 0) is 0 Å². The Morgan fingerprint density at radius 3 is 2.95 bits per heavy atom. The van der Waals surface area contributed by atoms with Gasteiger partial charge in [0.1, 0.15) is 10.9 Å². The maximum atomic E-state index is 5.94. The molecule has 0 radical (unpaired) electrons. The van der Waals surface area contributed by atoms with Crippen molar-refractivity contribution in [2.45, 2.75) is 18.9 Å². The van der Waals surface area contributed by atoms with E-state index < -0.39 is 0 Å². The molecule has 1 N–H and O–H groups in total. The van der Waals surface area contributed by atoms with E-state index in [9.17, 15) is 0 Å². The molecule has 1 aliphatic rings. The minimum atomic E-state index is 0.200. The number of hydrogen-bond acceptors (Lipinski definition) is 3. The number of nitrogens with zero attached hydrogens (tertiary/aromatic N) is 1. The average molecular weight is 433 g/mol. The minimum absolute atomic E-state index is 0.200. The average Bonchev–Trinajstić information content (AvgIpc) is 2.65. The lowest BCUT2D eigenvalue weighted by Crippen LogP contribution is -2.10. The topological polar surface area (TPSA) is 34.2 Å². The molecule has 2 aromatic rings. The van der Waals surface area contributed by atoms with Gasteiger partial charge in [-0.25, -0.2) is 4.98 Å². The second-order valence-electron chi connectivity index (χ2n) is 4.87. The van der Waals surface area contributed by atoms with Crippen molar-refractivity contribution in [2.24, 2.45) is 0 Å². The van der Waals surface area contributed by atoms with E-state index >= 15 is 0 Å². The molecule has 0 fully saturated rings. The Kier molecular flexibility index (Phi) is 4.72. The van der Waals surface area contributed by atoms with E-state index in [1.54, 1.807) is 6.20 Å². The lowest BCUT2D eigenvalue weighted by atomic mass is 10.0. The summed E-state index contributed by atoms with van der Waals surface area (Å²) in [6, 6.07) is 8.30. The number of aromatic nitrogens is 1. The van der Waals surface area contributed by atoms with Crippen molar-refractivity contribution in [2.75, 3.05) is 11.9 Å². The number of halogens is 3. The molecule has 0 aliphatic carbocycles. The second-order valence-corrected chi connectivity index (χ2v) is 6.99. The third-order valence-corrected chi connectivity index (χ3v) is 5.01. The van der Waals surface area contributed by atoms with E-state index in [1.165, 1.54) is 5.56 Å². The molecule has 6 heteroatoms. The lowest BCUT2D eigenvalue weighted by Gasteiger charge is -2.20. The molecule has 0 spiro atoms. The fraction of sp³-hybridized carbons (Fsp3) is 0.267. The number of nitrogens with one attached hydrogen (secondary N) is 1. The van der Waals surface area contributed by atoms with Crippen LogP contribution in [0.1, 0.15) is 24.4 Å². The zero-order chi connectivity index (χ0) is 14.8. The Morgan fingerprint density at radius 1 is 1.29 bits per heavy atom. The van der Waals surface area contributed by atoms with E-state index in [4.69, 9.17) is 16.3 Å². The van der Waals surface area contributed by atoms with Crippen molar-refractivity contribution in [3.8, 4) is 5.75 Å². The number of anilines is 1. The normalized spacial score (nSPS) is 17.6. The van der Waals surface area contributed by atoms with Gasteiger partial charge in [-0.1, -0.05) is 33.6 Å².